The van der Waals surface area contributed by atoms with E-state index >= 15 is 0 Å². The van der Waals surface area contributed by atoms with Crippen LogP contribution in [-0.4, -0.2) is 34.3 Å². The zero-order chi connectivity index (χ0) is 19.0. The standard InChI is InChI=1S/C17H15BrN6O3/c1-23-8-19-16-15(23)17(26)24(9-20-16)7-14-21-13(22-27-14)6-12(25)10-3-2-4-11(18)5-10/h2-5,8-9,12,25H,6-7H2,1H3. The van der Waals surface area contributed by atoms with E-state index in [-0.39, 0.29) is 24.4 Å². The number of aromatic nitrogens is 6. The number of halogens is 1. The molecule has 0 spiro atoms. The second-order valence-electron chi connectivity index (χ2n) is 6.08. The molecule has 0 aliphatic carbocycles. The molecule has 3 heterocycles. The minimum Gasteiger partial charge on any atom is -0.388 e. The van der Waals surface area contributed by atoms with E-state index in [0.29, 0.717) is 17.0 Å². The van der Waals surface area contributed by atoms with Crippen LogP contribution in [0.5, 0.6) is 0 Å². The second-order valence-corrected chi connectivity index (χ2v) is 7.00. The van der Waals surface area contributed by atoms with E-state index in [4.69, 9.17) is 4.52 Å². The molecule has 1 N–H and O–H groups in total. The lowest BCUT2D eigenvalue weighted by Crippen LogP contribution is -2.22. The molecule has 1 aromatic carbocycles. The van der Waals surface area contributed by atoms with Gasteiger partial charge < -0.3 is 14.2 Å². The third kappa shape index (κ3) is 3.53. The zero-order valence-electron chi connectivity index (χ0n) is 14.3. The van der Waals surface area contributed by atoms with Crippen LogP contribution in [-0.2, 0) is 20.0 Å². The first-order valence-electron chi connectivity index (χ1n) is 8.12. The first kappa shape index (κ1) is 17.6. The quantitative estimate of drug-likeness (QED) is 0.511. The summed E-state index contributed by atoms with van der Waals surface area (Å²) >= 11 is 3.38. The summed E-state index contributed by atoms with van der Waals surface area (Å²) in [5.74, 6) is 0.622. The van der Waals surface area contributed by atoms with E-state index in [1.54, 1.807) is 11.6 Å². The fourth-order valence-corrected chi connectivity index (χ4v) is 3.19. The molecule has 1 atom stereocenters. The van der Waals surface area contributed by atoms with Crippen molar-refractivity contribution in [2.24, 2.45) is 7.05 Å². The van der Waals surface area contributed by atoms with Crippen LogP contribution >= 0.6 is 15.9 Å². The van der Waals surface area contributed by atoms with Gasteiger partial charge in [0, 0.05) is 17.9 Å². The van der Waals surface area contributed by atoms with Crippen molar-refractivity contribution in [2.75, 3.05) is 0 Å². The normalized spacial score (nSPS) is 12.6. The Labute approximate surface area is 161 Å². The van der Waals surface area contributed by atoms with Crippen LogP contribution in [0.1, 0.15) is 23.4 Å². The van der Waals surface area contributed by atoms with Crippen LogP contribution < -0.4 is 5.56 Å². The maximum Gasteiger partial charge on any atom is 0.280 e. The van der Waals surface area contributed by atoms with E-state index in [2.05, 4.69) is 36.0 Å². The molecule has 3 aromatic heterocycles. The van der Waals surface area contributed by atoms with Crippen molar-refractivity contribution in [3.05, 3.63) is 69.0 Å². The van der Waals surface area contributed by atoms with Crippen molar-refractivity contribution >= 4 is 27.1 Å². The van der Waals surface area contributed by atoms with E-state index in [1.807, 2.05) is 24.3 Å². The highest BCUT2D eigenvalue weighted by Crippen LogP contribution is 2.20. The molecule has 0 radical (unpaired) electrons. The SMILES string of the molecule is Cn1cnc2ncn(Cc3nc(CC(O)c4cccc(Br)c4)no3)c(=O)c21. The molecule has 0 bridgehead atoms. The number of hydrogen-bond donors (Lipinski definition) is 1. The van der Waals surface area contributed by atoms with Gasteiger partial charge in [-0.3, -0.25) is 9.36 Å². The highest BCUT2D eigenvalue weighted by molar-refractivity contribution is 9.10. The molecule has 10 heteroatoms. The Balaban J connectivity index is 1.52. The van der Waals surface area contributed by atoms with E-state index in [1.165, 1.54) is 17.2 Å². The Morgan fingerprint density at radius 2 is 2.11 bits per heavy atom. The van der Waals surface area contributed by atoms with Crippen molar-refractivity contribution in [3.63, 3.8) is 0 Å². The largest absolute Gasteiger partial charge is 0.388 e. The van der Waals surface area contributed by atoms with Gasteiger partial charge in [-0.15, -0.1) is 0 Å². The van der Waals surface area contributed by atoms with Crippen molar-refractivity contribution in [1.29, 1.82) is 0 Å². The lowest BCUT2D eigenvalue weighted by molar-refractivity contribution is 0.174. The molecule has 138 valence electrons. The van der Waals surface area contributed by atoms with Gasteiger partial charge >= 0.3 is 0 Å². The Bertz CT molecular complexity index is 1160. The Hall–Kier alpha value is -2.85. The minimum atomic E-state index is -0.761. The number of rotatable bonds is 5. The summed E-state index contributed by atoms with van der Waals surface area (Å²) in [6.45, 7) is 0.0902. The van der Waals surface area contributed by atoms with Gasteiger partial charge in [0.05, 0.1) is 12.4 Å². The first-order chi connectivity index (χ1) is 13.0. The summed E-state index contributed by atoms with van der Waals surface area (Å²) in [7, 11) is 1.73. The third-order valence-corrected chi connectivity index (χ3v) is 4.62. The summed E-state index contributed by atoms with van der Waals surface area (Å²) in [5.41, 5.74) is 1.30. The third-order valence-electron chi connectivity index (χ3n) is 4.13. The van der Waals surface area contributed by atoms with E-state index in [9.17, 15) is 9.90 Å². The molecule has 0 amide bonds. The van der Waals surface area contributed by atoms with Crippen LogP contribution in [0.25, 0.3) is 11.2 Å². The molecule has 0 fully saturated rings. The topological polar surface area (TPSA) is 112 Å². The molecule has 4 rings (SSSR count). The number of imidazole rings is 1. The maximum absolute atomic E-state index is 12.5. The summed E-state index contributed by atoms with van der Waals surface area (Å²) in [6, 6.07) is 7.39. The van der Waals surface area contributed by atoms with Crippen LogP contribution in [0.4, 0.5) is 0 Å². The number of nitrogens with zero attached hydrogens (tertiary/aromatic N) is 6. The number of fused-ring (bicyclic) bond motifs is 1. The number of benzene rings is 1. The Kier molecular flexibility index (Phi) is 4.58. The molecule has 4 aromatic rings. The summed E-state index contributed by atoms with van der Waals surface area (Å²) in [6.07, 6.45) is 2.38. The molecule has 0 aliphatic rings. The van der Waals surface area contributed by atoms with Gasteiger partial charge in [0.2, 0.25) is 5.89 Å². The maximum atomic E-state index is 12.5. The van der Waals surface area contributed by atoms with Gasteiger partial charge in [-0.05, 0) is 17.7 Å². The highest BCUT2D eigenvalue weighted by Gasteiger charge is 2.16. The molecule has 27 heavy (non-hydrogen) atoms. The van der Waals surface area contributed by atoms with Crippen LogP contribution in [0, 0.1) is 0 Å². The Morgan fingerprint density at radius 3 is 2.93 bits per heavy atom. The lowest BCUT2D eigenvalue weighted by Gasteiger charge is -2.08. The molecule has 0 aliphatic heterocycles. The molecular weight excluding hydrogens is 416 g/mol. The van der Waals surface area contributed by atoms with E-state index < -0.39 is 6.10 Å². The average Bonchev–Trinajstić information content (AvgIpc) is 3.24. The Morgan fingerprint density at radius 1 is 1.30 bits per heavy atom. The minimum absolute atomic E-state index is 0.0902. The fourth-order valence-electron chi connectivity index (χ4n) is 2.77. The van der Waals surface area contributed by atoms with Crippen molar-refractivity contribution in [3.8, 4) is 0 Å². The molecule has 1 unspecified atom stereocenters. The molecule has 0 saturated carbocycles. The average molecular weight is 431 g/mol. The van der Waals surface area contributed by atoms with Gasteiger partial charge in [-0.2, -0.15) is 4.98 Å². The summed E-state index contributed by atoms with van der Waals surface area (Å²) < 4.78 is 9.10. The summed E-state index contributed by atoms with van der Waals surface area (Å²) in [4.78, 5) is 25.0. The number of hydrogen-bond acceptors (Lipinski definition) is 7. The first-order valence-corrected chi connectivity index (χ1v) is 8.92. The summed E-state index contributed by atoms with van der Waals surface area (Å²) in [5, 5.41) is 14.2. The fraction of sp³-hybridized carbons (Fsp3) is 0.235. The van der Waals surface area contributed by atoms with Crippen LogP contribution in [0.15, 0.2) is 50.7 Å². The predicted octanol–water partition coefficient (Wildman–Crippen LogP) is 1.60. The van der Waals surface area contributed by atoms with Crippen LogP contribution in [0.2, 0.25) is 0 Å². The molecular formula is C17H15BrN6O3. The molecule has 0 saturated heterocycles. The van der Waals surface area contributed by atoms with Gasteiger partial charge in [-0.25, -0.2) is 9.97 Å². The second kappa shape index (κ2) is 7.05. The highest BCUT2D eigenvalue weighted by atomic mass is 79.9. The van der Waals surface area contributed by atoms with Crippen molar-refractivity contribution in [2.45, 2.75) is 19.1 Å². The van der Waals surface area contributed by atoms with Gasteiger partial charge in [-0.1, -0.05) is 33.2 Å². The van der Waals surface area contributed by atoms with Crippen molar-refractivity contribution in [1.82, 2.24) is 29.2 Å². The number of aliphatic hydroxyl groups excluding tert-OH is 1. The van der Waals surface area contributed by atoms with Gasteiger partial charge in [0.25, 0.3) is 5.56 Å². The number of aliphatic hydroxyl groups is 1. The van der Waals surface area contributed by atoms with Gasteiger partial charge in [0.15, 0.2) is 17.0 Å². The number of aryl methyl sites for hydroxylation is 1. The van der Waals surface area contributed by atoms with Crippen LogP contribution in [0.3, 0.4) is 0 Å². The lowest BCUT2D eigenvalue weighted by atomic mass is 10.1. The van der Waals surface area contributed by atoms with Crippen molar-refractivity contribution < 1.29 is 9.63 Å². The monoisotopic (exact) mass is 430 g/mol. The zero-order valence-corrected chi connectivity index (χ0v) is 15.9. The smallest absolute Gasteiger partial charge is 0.280 e. The molecule has 9 nitrogen and oxygen atoms in total. The van der Waals surface area contributed by atoms with Gasteiger partial charge in [0.1, 0.15) is 12.9 Å². The predicted molar refractivity (Wildman–Crippen MR) is 99.0 cm³/mol. The van der Waals surface area contributed by atoms with E-state index in [0.717, 1.165) is 10.0 Å².